The molecule has 1 amide bonds. The molecule has 1 aliphatic rings. The lowest BCUT2D eigenvalue weighted by molar-refractivity contribution is 0.0195. The molecule has 0 aliphatic carbocycles. The zero-order chi connectivity index (χ0) is 14.6. The summed E-state index contributed by atoms with van der Waals surface area (Å²) in [6.45, 7) is 7.83. The monoisotopic (exact) mass is 277 g/mol. The molecule has 1 fully saturated rings. The second-order valence-corrected chi connectivity index (χ2v) is 6.14. The summed E-state index contributed by atoms with van der Waals surface area (Å²) in [6, 6.07) is 4.24. The summed E-state index contributed by atoms with van der Waals surface area (Å²) in [6.07, 6.45) is 4.28. The third kappa shape index (κ3) is 4.49. The van der Waals surface area contributed by atoms with Gasteiger partial charge in [-0.3, -0.25) is 4.98 Å². The second kappa shape index (κ2) is 6.22. The molecule has 1 N–H and O–H groups in total. The molecule has 2 rings (SSSR count). The number of amides is 1. The van der Waals surface area contributed by atoms with E-state index in [1.165, 1.54) is 5.56 Å². The number of nitrogens with zero attached hydrogens (tertiary/aromatic N) is 2. The summed E-state index contributed by atoms with van der Waals surface area (Å²) in [7, 11) is 0. The first-order valence-electron chi connectivity index (χ1n) is 7.04. The Labute approximate surface area is 120 Å². The number of nitrogens with one attached hydrogen (secondary N) is 1. The van der Waals surface area contributed by atoms with Crippen LogP contribution in [-0.4, -0.2) is 47.3 Å². The van der Waals surface area contributed by atoms with Gasteiger partial charge in [-0.2, -0.15) is 0 Å². The van der Waals surface area contributed by atoms with Gasteiger partial charge in [0.2, 0.25) is 0 Å². The average Bonchev–Trinajstić information content (AvgIpc) is 2.38. The van der Waals surface area contributed by atoms with Gasteiger partial charge in [0, 0.05) is 38.1 Å². The van der Waals surface area contributed by atoms with Crippen molar-refractivity contribution in [2.45, 2.75) is 38.8 Å². The Bertz CT molecular complexity index is 442. The van der Waals surface area contributed by atoms with Gasteiger partial charge in [-0.15, -0.1) is 0 Å². The first kappa shape index (κ1) is 14.8. The van der Waals surface area contributed by atoms with Gasteiger partial charge < -0.3 is 15.0 Å². The first-order valence-corrected chi connectivity index (χ1v) is 7.04. The highest BCUT2D eigenvalue weighted by atomic mass is 16.6. The maximum Gasteiger partial charge on any atom is 0.410 e. The van der Waals surface area contributed by atoms with Gasteiger partial charge in [-0.05, 0) is 38.8 Å². The number of hydrogen-bond donors (Lipinski definition) is 1. The van der Waals surface area contributed by atoms with Crippen molar-refractivity contribution in [1.82, 2.24) is 15.2 Å². The molecule has 5 heteroatoms. The minimum Gasteiger partial charge on any atom is -0.444 e. The molecule has 1 aromatic rings. The van der Waals surface area contributed by atoms with Crippen LogP contribution < -0.4 is 5.32 Å². The Balaban J connectivity index is 1.90. The van der Waals surface area contributed by atoms with Crippen LogP contribution in [0.3, 0.4) is 0 Å². The quantitative estimate of drug-likeness (QED) is 0.896. The number of piperazine rings is 1. The fourth-order valence-corrected chi connectivity index (χ4v) is 2.26. The summed E-state index contributed by atoms with van der Waals surface area (Å²) in [5.41, 5.74) is 0.733. The van der Waals surface area contributed by atoms with E-state index < -0.39 is 5.60 Å². The number of carbonyl (C=O) groups is 1. The molecule has 2 heterocycles. The lowest BCUT2D eigenvalue weighted by Crippen LogP contribution is -2.54. The number of ether oxygens (including phenoxy) is 1. The number of hydrogen-bond acceptors (Lipinski definition) is 4. The Kier molecular flexibility index (Phi) is 4.60. The minimum absolute atomic E-state index is 0.227. The fourth-order valence-electron chi connectivity index (χ4n) is 2.26. The van der Waals surface area contributed by atoms with Crippen molar-refractivity contribution in [1.29, 1.82) is 0 Å². The minimum atomic E-state index is -0.444. The zero-order valence-corrected chi connectivity index (χ0v) is 12.4. The number of rotatable bonds is 2. The predicted octanol–water partition coefficient (Wildman–Crippen LogP) is 1.83. The molecule has 20 heavy (non-hydrogen) atoms. The molecule has 1 aliphatic heterocycles. The van der Waals surface area contributed by atoms with Crippen LogP contribution in [0.1, 0.15) is 26.3 Å². The van der Waals surface area contributed by atoms with Gasteiger partial charge in [0.15, 0.2) is 0 Å². The molecule has 1 saturated heterocycles. The van der Waals surface area contributed by atoms with Crippen molar-refractivity contribution in [3.05, 3.63) is 30.1 Å². The van der Waals surface area contributed by atoms with Crippen molar-refractivity contribution in [3.8, 4) is 0 Å². The summed E-state index contributed by atoms with van der Waals surface area (Å²) >= 11 is 0. The first-order chi connectivity index (χ1) is 9.44. The van der Waals surface area contributed by atoms with Crippen LogP contribution in [0.4, 0.5) is 4.79 Å². The molecule has 5 nitrogen and oxygen atoms in total. The largest absolute Gasteiger partial charge is 0.444 e. The van der Waals surface area contributed by atoms with Gasteiger partial charge >= 0.3 is 6.09 Å². The van der Waals surface area contributed by atoms with Gasteiger partial charge in [-0.1, -0.05) is 6.07 Å². The normalized spacial score (nSPS) is 19.8. The lowest BCUT2D eigenvalue weighted by atomic mass is 10.1. The predicted molar refractivity (Wildman–Crippen MR) is 77.5 cm³/mol. The van der Waals surface area contributed by atoms with Crippen LogP contribution in [0.2, 0.25) is 0 Å². The summed E-state index contributed by atoms with van der Waals surface area (Å²) in [4.78, 5) is 18.0. The number of pyridine rings is 1. The highest BCUT2D eigenvalue weighted by molar-refractivity contribution is 5.68. The Hall–Kier alpha value is -1.62. The van der Waals surface area contributed by atoms with E-state index in [0.717, 1.165) is 13.0 Å². The Morgan fingerprint density at radius 3 is 3.00 bits per heavy atom. The van der Waals surface area contributed by atoms with Gasteiger partial charge in [0.25, 0.3) is 0 Å². The zero-order valence-electron chi connectivity index (χ0n) is 12.4. The third-order valence-electron chi connectivity index (χ3n) is 3.11. The van der Waals surface area contributed by atoms with Crippen LogP contribution in [0.15, 0.2) is 24.5 Å². The van der Waals surface area contributed by atoms with E-state index in [1.54, 1.807) is 11.1 Å². The molecule has 0 spiro atoms. The van der Waals surface area contributed by atoms with Crippen LogP contribution in [0.25, 0.3) is 0 Å². The number of carbonyl (C=O) groups excluding carboxylic acids is 1. The highest BCUT2D eigenvalue weighted by Gasteiger charge is 2.27. The van der Waals surface area contributed by atoms with Crippen LogP contribution in [-0.2, 0) is 11.2 Å². The maximum atomic E-state index is 12.1. The van der Waals surface area contributed by atoms with Crippen molar-refractivity contribution in [2.24, 2.45) is 0 Å². The van der Waals surface area contributed by atoms with E-state index in [4.69, 9.17) is 4.74 Å². The standard InChI is InChI=1S/C15H23N3O2/c1-15(2,3)20-14(19)18-8-7-17-13(11-18)9-12-5-4-6-16-10-12/h4-6,10,13,17H,7-9,11H2,1-3H3/t13-/m1/s1. The smallest absolute Gasteiger partial charge is 0.410 e. The van der Waals surface area contributed by atoms with E-state index in [-0.39, 0.29) is 12.1 Å². The summed E-state index contributed by atoms with van der Waals surface area (Å²) < 4.78 is 5.42. The molecule has 0 aromatic carbocycles. The van der Waals surface area contributed by atoms with E-state index in [1.807, 2.05) is 33.0 Å². The molecule has 0 radical (unpaired) electrons. The van der Waals surface area contributed by atoms with Crippen molar-refractivity contribution in [2.75, 3.05) is 19.6 Å². The van der Waals surface area contributed by atoms with E-state index in [9.17, 15) is 4.79 Å². The maximum absolute atomic E-state index is 12.1. The van der Waals surface area contributed by atoms with Crippen LogP contribution in [0.5, 0.6) is 0 Å². The van der Waals surface area contributed by atoms with Crippen molar-refractivity contribution >= 4 is 6.09 Å². The molecular weight excluding hydrogens is 254 g/mol. The van der Waals surface area contributed by atoms with Gasteiger partial charge in [-0.25, -0.2) is 4.79 Å². The van der Waals surface area contributed by atoms with E-state index in [0.29, 0.717) is 13.1 Å². The molecule has 0 unspecified atom stereocenters. The molecule has 0 saturated carbocycles. The highest BCUT2D eigenvalue weighted by Crippen LogP contribution is 2.12. The summed E-state index contributed by atoms with van der Waals surface area (Å²) in [5, 5.41) is 3.44. The van der Waals surface area contributed by atoms with Gasteiger partial charge in [0.1, 0.15) is 5.60 Å². The average molecular weight is 277 g/mol. The van der Waals surface area contributed by atoms with E-state index in [2.05, 4.69) is 16.4 Å². The SMILES string of the molecule is CC(C)(C)OC(=O)N1CCN[C@H](Cc2cccnc2)C1. The second-order valence-electron chi connectivity index (χ2n) is 6.14. The van der Waals surface area contributed by atoms with E-state index >= 15 is 0 Å². The Morgan fingerprint density at radius 1 is 1.55 bits per heavy atom. The van der Waals surface area contributed by atoms with Crippen LogP contribution >= 0.6 is 0 Å². The molecule has 1 atom stereocenters. The number of aromatic nitrogens is 1. The molecule has 110 valence electrons. The Morgan fingerprint density at radius 2 is 2.35 bits per heavy atom. The topological polar surface area (TPSA) is 54.5 Å². The van der Waals surface area contributed by atoms with Crippen molar-refractivity contribution in [3.63, 3.8) is 0 Å². The molecular formula is C15H23N3O2. The lowest BCUT2D eigenvalue weighted by Gasteiger charge is -2.35. The van der Waals surface area contributed by atoms with Gasteiger partial charge in [0.05, 0.1) is 0 Å². The van der Waals surface area contributed by atoms with Crippen molar-refractivity contribution < 1.29 is 9.53 Å². The molecule has 1 aromatic heterocycles. The summed E-state index contributed by atoms with van der Waals surface area (Å²) in [5.74, 6) is 0. The third-order valence-corrected chi connectivity index (χ3v) is 3.11. The van der Waals surface area contributed by atoms with Crippen LogP contribution in [0, 0.1) is 0 Å². The fraction of sp³-hybridized carbons (Fsp3) is 0.600. The molecule has 0 bridgehead atoms.